The van der Waals surface area contributed by atoms with E-state index in [0.29, 0.717) is 21.7 Å². The van der Waals surface area contributed by atoms with Crippen LogP contribution < -0.4 is 0 Å². The molecule has 0 amide bonds. The summed E-state index contributed by atoms with van der Waals surface area (Å²) in [6.45, 7) is 45.2. The van der Waals surface area contributed by atoms with Crippen molar-refractivity contribution in [2.45, 2.75) is 216 Å². The first-order valence-electron chi connectivity index (χ1n) is 17.1. The van der Waals surface area contributed by atoms with Crippen LogP contribution in [0.4, 0.5) is 0 Å². The molecule has 0 spiro atoms. The SMILES string of the molecule is CC.CC.CC.CC.CC.CCCCC(C)(C)C(C)(CCCC)C(C)(CCCC)C(C)(CC)CCC. The molecule has 0 bridgehead atoms. The molecule has 0 aliphatic heterocycles. The van der Waals surface area contributed by atoms with Crippen LogP contribution in [0.15, 0.2) is 0 Å². The van der Waals surface area contributed by atoms with Crippen molar-refractivity contribution in [2.24, 2.45) is 21.7 Å². The summed E-state index contributed by atoms with van der Waals surface area (Å²) in [4.78, 5) is 0. The van der Waals surface area contributed by atoms with E-state index in [-0.39, 0.29) is 0 Å². The zero-order valence-corrected chi connectivity index (χ0v) is 30.5. The molecule has 0 aromatic carbocycles. The maximum absolute atomic E-state index is 2.70. The largest absolute Gasteiger partial charge is 0.0683 e. The Hall–Kier alpha value is 0. The lowest BCUT2D eigenvalue weighted by Gasteiger charge is -2.63. The van der Waals surface area contributed by atoms with Crippen LogP contribution in [0.1, 0.15) is 216 Å². The van der Waals surface area contributed by atoms with Gasteiger partial charge in [0.05, 0.1) is 0 Å². The Morgan fingerprint density at radius 2 is 0.667 bits per heavy atom. The summed E-state index contributed by atoms with van der Waals surface area (Å²) in [5.74, 6) is 0. The zero-order chi connectivity index (χ0) is 30.5. The smallest absolute Gasteiger partial charge is 0.0213 e. The summed E-state index contributed by atoms with van der Waals surface area (Å²) < 4.78 is 0. The molecular formula is C36H84. The van der Waals surface area contributed by atoms with Crippen molar-refractivity contribution in [1.82, 2.24) is 0 Å². The van der Waals surface area contributed by atoms with Gasteiger partial charge in [0.25, 0.3) is 0 Å². The highest BCUT2D eigenvalue weighted by molar-refractivity contribution is 5.07. The van der Waals surface area contributed by atoms with Gasteiger partial charge in [0.2, 0.25) is 0 Å². The lowest BCUT2D eigenvalue weighted by Crippen LogP contribution is -2.55. The number of hydrogen-bond acceptors (Lipinski definition) is 0. The first kappa shape index (κ1) is 49.0. The molecular weight excluding hydrogens is 432 g/mol. The summed E-state index contributed by atoms with van der Waals surface area (Å²) in [7, 11) is 0. The minimum absolute atomic E-state index is 0.389. The Morgan fingerprint density at radius 3 is 0.944 bits per heavy atom. The van der Waals surface area contributed by atoms with Crippen molar-refractivity contribution in [3.8, 4) is 0 Å². The second kappa shape index (κ2) is 31.2. The summed E-state index contributed by atoms with van der Waals surface area (Å²) in [5, 5.41) is 0. The minimum atomic E-state index is 0.389. The van der Waals surface area contributed by atoms with E-state index in [1.165, 1.54) is 77.0 Å². The Morgan fingerprint density at radius 1 is 0.361 bits per heavy atom. The lowest BCUT2D eigenvalue weighted by molar-refractivity contribution is -0.145. The number of rotatable bonds is 15. The van der Waals surface area contributed by atoms with Gasteiger partial charge in [0, 0.05) is 0 Å². The molecule has 0 radical (unpaired) electrons. The van der Waals surface area contributed by atoms with Gasteiger partial charge in [-0.05, 0) is 47.3 Å². The molecule has 0 aromatic heterocycles. The topological polar surface area (TPSA) is 0 Å². The second-order valence-corrected chi connectivity index (χ2v) is 10.5. The van der Waals surface area contributed by atoms with Crippen LogP contribution in [0, 0.1) is 21.7 Å². The van der Waals surface area contributed by atoms with Crippen LogP contribution in [0.2, 0.25) is 0 Å². The van der Waals surface area contributed by atoms with Crippen molar-refractivity contribution in [3.63, 3.8) is 0 Å². The van der Waals surface area contributed by atoms with E-state index in [1.807, 2.05) is 69.2 Å². The molecule has 0 aliphatic rings. The van der Waals surface area contributed by atoms with E-state index in [0.717, 1.165) is 0 Å². The maximum Gasteiger partial charge on any atom is -0.0213 e. The molecule has 0 aromatic rings. The fraction of sp³-hybridized carbons (Fsp3) is 1.00. The summed E-state index contributed by atoms with van der Waals surface area (Å²) in [5.41, 5.74) is 1.61. The third kappa shape index (κ3) is 15.4. The highest BCUT2D eigenvalue weighted by Crippen LogP contribution is 2.66. The number of unbranched alkanes of at least 4 members (excludes halogenated alkanes) is 3. The quantitative estimate of drug-likeness (QED) is 0.203. The van der Waals surface area contributed by atoms with Crippen molar-refractivity contribution in [2.75, 3.05) is 0 Å². The van der Waals surface area contributed by atoms with E-state index >= 15 is 0 Å². The molecule has 0 saturated carbocycles. The first-order valence-corrected chi connectivity index (χ1v) is 17.1. The standard InChI is InChI=1S/C26H54.5C2H6/c1-11-16-20-23(6,7)25(9,21-17-12-2)26(10,22-18-13-3)24(8,15-5)19-14-4;5*1-2/h11-22H2,1-10H3;5*1-2H3. The highest BCUT2D eigenvalue weighted by Gasteiger charge is 2.58. The Labute approximate surface area is 237 Å². The predicted molar refractivity (Wildman–Crippen MR) is 179 cm³/mol. The van der Waals surface area contributed by atoms with E-state index in [4.69, 9.17) is 0 Å². The molecule has 0 nitrogen and oxygen atoms in total. The Balaban J connectivity index is -0.000000199. The van der Waals surface area contributed by atoms with Crippen molar-refractivity contribution in [1.29, 1.82) is 0 Å². The van der Waals surface area contributed by atoms with Crippen molar-refractivity contribution in [3.05, 3.63) is 0 Å². The average molecular weight is 517 g/mol. The molecule has 0 fully saturated rings. The lowest BCUT2D eigenvalue weighted by atomic mass is 9.41. The molecule has 228 valence electrons. The summed E-state index contributed by atoms with van der Waals surface area (Å²) in [6.07, 6.45) is 16.2. The van der Waals surface area contributed by atoms with Gasteiger partial charge in [0.15, 0.2) is 0 Å². The summed E-state index contributed by atoms with van der Waals surface area (Å²) >= 11 is 0. The van der Waals surface area contributed by atoms with Gasteiger partial charge in [-0.3, -0.25) is 0 Å². The molecule has 0 aliphatic carbocycles. The monoisotopic (exact) mass is 517 g/mol. The average Bonchev–Trinajstić information content (AvgIpc) is 2.94. The van der Waals surface area contributed by atoms with E-state index in [1.54, 1.807) is 0 Å². The van der Waals surface area contributed by atoms with Crippen LogP contribution in [0.25, 0.3) is 0 Å². The van der Waals surface area contributed by atoms with Gasteiger partial charge in [-0.2, -0.15) is 0 Å². The molecule has 0 rings (SSSR count). The Bertz CT molecular complexity index is 368. The van der Waals surface area contributed by atoms with Gasteiger partial charge in [-0.25, -0.2) is 0 Å². The van der Waals surface area contributed by atoms with Gasteiger partial charge >= 0.3 is 0 Å². The first-order chi connectivity index (χ1) is 17.1. The fourth-order valence-electron chi connectivity index (χ4n) is 5.95. The predicted octanol–water partition coefficient (Wildman–Crippen LogP) is 14.9. The maximum atomic E-state index is 2.70. The van der Waals surface area contributed by atoms with E-state index in [2.05, 4.69) is 69.2 Å². The third-order valence-electron chi connectivity index (χ3n) is 8.84. The number of hydrogen-bond donors (Lipinski definition) is 0. The molecule has 3 unspecified atom stereocenters. The Kier molecular flexibility index (Phi) is 42.5. The normalized spacial score (nSPS) is 15.0. The van der Waals surface area contributed by atoms with Gasteiger partial charge in [0.1, 0.15) is 0 Å². The summed E-state index contributed by atoms with van der Waals surface area (Å²) in [6, 6.07) is 0. The molecule has 36 heavy (non-hydrogen) atoms. The van der Waals surface area contributed by atoms with Crippen molar-refractivity contribution >= 4 is 0 Å². The molecule has 0 N–H and O–H groups in total. The second-order valence-electron chi connectivity index (χ2n) is 10.5. The van der Waals surface area contributed by atoms with Gasteiger partial charge in [-0.15, -0.1) is 0 Å². The molecule has 0 heterocycles. The molecule has 3 atom stereocenters. The third-order valence-corrected chi connectivity index (χ3v) is 8.84. The van der Waals surface area contributed by atoms with Crippen LogP contribution in [0.5, 0.6) is 0 Å². The molecule has 0 heteroatoms. The molecule has 0 saturated heterocycles. The van der Waals surface area contributed by atoms with Crippen LogP contribution >= 0.6 is 0 Å². The van der Waals surface area contributed by atoms with Crippen LogP contribution in [0.3, 0.4) is 0 Å². The van der Waals surface area contributed by atoms with E-state index in [9.17, 15) is 0 Å². The zero-order valence-electron chi connectivity index (χ0n) is 30.5. The van der Waals surface area contributed by atoms with Gasteiger partial charge < -0.3 is 0 Å². The fourth-order valence-corrected chi connectivity index (χ4v) is 5.95. The minimum Gasteiger partial charge on any atom is -0.0683 e. The van der Waals surface area contributed by atoms with Gasteiger partial charge in [-0.1, -0.05) is 190 Å². The highest BCUT2D eigenvalue weighted by atomic mass is 14.6. The van der Waals surface area contributed by atoms with Crippen LogP contribution in [-0.2, 0) is 0 Å². The van der Waals surface area contributed by atoms with E-state index < -0.39 is 0 Å². The van der Waals surface area contributed by atoms with Crippen LogP contribution in [-0.4, -0.2) is 0 Å². The van der Waals surface area contributed by atoms with Crippen molar-refractivity contribution < 1.29 is 0 Å².